The third-order valence-corrected chi connectivity index (χ3v) is 13.0. The molecule has 0 bridgehead atoms. The number of benzene rings is 4. The van der Waals surface area contributed by atoms with Gasteiger partial charge in [0, 0.05) is 50.4 Å². The number of carbonyl (C=O) groups excluding carboxylic acids is 1. The number of hydrogen-bond acceptors (Lipinski definition) is 4. The Morgan fingerprint density at radius 2 is 1.22 bits per heavy atom. The van der Waals surface area contributed by atoms with Gasteiger partial charge in [-0.1, -0.05) is 111 Å². The normalized spacial score (nSPS) is 15.3. The Hall–Kier alpha value is -4.51. The van der Waals surface area contributed by atoms with Crippen LogP contribution in [0.1, 0.15) is 146 Å². The van der Waals surface area contributed by atoms with Crippen molar-refractivity contribution >= 4 is 27.3 Å². The maximum atomic E-state index is 12.2. The van der Waals surface area contributed by atoms with Crippen molar-refractivity contribution in [3.63, 3.8) is 0 Å². The molecule has 0 aliphatic heterocycles. The Balaban J connectivity index is 0.000000187. The van der Waals surface area contributed by atoms with Crippen LogP contribution in [-0.2, 0) is 24.9 Å². The molecule has 4 nitrogen and oxygen atoms in total. The number of allylic oxidation sites excluding steroid dienone is 2. The van der Waals surface area contributed by atoms with E-state index < -0.39 is 6.67 Å². The second-order valence-electron chi connectivity index (χ2n) is 17.7. The van der Waals surface area contributed by atoms with E-state index >= 15 is 0 Å². The number of fused-ring (bicyclic) bond motifs is 2. The van der Waals surface area contributed by atoms with Gasteiger partial charge in [-0.2, -0.15) is 0 Å². The summed E-state index contributed by atoms with van der Waals surface area (Å²) in [6.07, 6.45) is 16.2. The zero-order valence-electron chi connectivity index (χ0n) is 40.5. The van der Waals surface area contributed by atoms with Crippen molar-refractivity contribution in [2.45, 2.75) is 137 Å². The molecular formula is C57H67FIrN2O2-2. The molecule has 2 aromatic heterocycles. The SMILES string of the molecule is CCC(CC)C(=O)/C=C(\O)C(CC)CCF.Cc1[c-]c(-c2nccc3cc(C4CCCC4)ccc23)cc(C)c1.[2H]c1nc(-c2[c-]c(C)cc(C)c2)c2ccc(C3CCCC3)cc2c1[2H].[Ir]. The van der Waals surface area contributed by atoms with Gasteiger partial charge in [-0.25, -0.2) is 0 Å². The van der Waals surface area contributed by atoms with E-state index in [1.807, 2.05) is 33.9 Å². The Morgan fingerprint density at radius 1 is 0.730 bits per heavy atom. The van der Waals surface area contributed by atoms with Crippen molar-refractivity contribution in [3.8, 4) is 22.5 Å². The van der Waals surface area contributed by atoms with Gasteiger partial charge in [-0.05, 0) is 119 Å². The monoisotopic (exact) mass is 1030 g/mol. The van der Waals surface area contributed by atoms with Crippen LogP contribution in [0.5, 0.6) is 0 Å². The van der Waals surface area contributed by atoms with E-state index in [0.29, 0.717) is 12.3 Å². The maximum absolute atomic E-state index is 12.2. The molecule has 2 aliphatic rings. The molecule has 0 saturated heterocycles. The predicted molar refractivity (Wildman–Crippen MR) is 258 cm³/mol. The first-order valence-electron chi connectivity index (χ1n) is 24.2. The Bertz CT molecular complexity index is 2540. The third-order valence-electron chi connectivity index (χ3n) is 13.0. The molecule has 4 aromatic carbocycles. The Morgan fingerprint density at radius 3 is 1.71 bits per heavy atom. The number of carbonyl (C=O) groups is 1. The summed E-state index contributed by atoms with van der Waals surface area (Å²) in [7, 11) is 0. The Labute approximate surface area is 393 Å². The molecule has 1 N–H and O–H groups in total. The van der Waals surface area contributed by atoms with E-state index in [0.717, 1.165) is 63.2 Å². The summed E-state index contributed by atoms with van der Waals surface area (Å²) >= 11 is 0. The average molecular weight is 1030 g/mol. The molecule has 0 spiro atoms. The minimum atomic E-state index is -0.463. The number of aromatic nitrogens is 2. The number of rotatable bonds is 12. The first kappa shape index (κ1) is 46.5. The summed E-state index contributed by atoms with van der Waals surface area (Å²) in [6, 6.07) is 31.0. The Kier molecular flexibility index (Phi) is 17.7. The average Bonchev–Trinajstić information content (AvgIpc) is 4.03. The summed E-state index contributed by atoms with van der Waals surface area (Å²) in [5, 5.41) is 14.0. The number of pyridine rings is 2. The fraction of sp³-hybridized carbons (Fsp3) is 0.421. The summed E-state index contributed by atoms with van der Waals surface area (Å²) in [5.41, 5.74) is 11.3. The van der Waals surface area contributed by atoms with Crippen LogP contribution < -0.4 is 0 Å². The van der Waals surface area contributed by atoms with Crippen LogP contribution in [-0.4, -0.2) is 27.5 Å². The fourth-order valence-electron chi connectivity index (χ4n) is 9.53. The van der Waals surface area contributed by atoms with Crippen molar-refractivity contribution in [1.29, 1.82) is 0 Å². The van der Waals surface area contributed by atoms with Crippen LogP contribution in [0.4, 0.5) is 4.39 Å². The minimum Gasteiger partial charge on any atom is -0.512 e. The summed E-state index contributed by atoms with van der Waals surface area (Å²) in [4.78, 5) is 20.8. The van der Waals surface area contributed by atoms with Gasteiger partial charge in [0.15, 0.2) is 5.78 Å². The summed E-state index contributed by atoms with van der Waals surface area (Å²) < 4.78 is 28.7. The molecule has 1 radical (unpaired) electrons. The number of ketones is 1. The minimum absolute atomic E-state index is 0. The van der Waals surface area contributed by atoms with E-state index in [9.17, 15) is 14.3 Å². The van der Waals surface area contributed by atoms with Gasteiger partial charge in [0.25, 0.3) is 0 Å². The van der Waals surface area contributed by atoms with Crippen LogP contribution in [0.25, 0.3) is 44.1 Å². The maximum Gasteiger partial charge on any atom is 0.162 e. The van der Waals surface area contributed by atoms with Gasteiger partial charge < -0.3 is 15.1 Å². The van der Waals surface area contributed by atoms with Crippen molar-refractivity contribution in [3.05, 3.63) is 142 Å². The van der Waals surface area contributed by atoms with Crippen LogP contribution in [0.15, 0.2) is 97.0 Å². The van der Waals surface area contributed by atoms with Crippen molar-refractivity contribution < 1.29 is 37.1 Å². The third kappa shape index (κ3) is 13.0. The van der Waals surface area contributed by atoms with Gasteiger partial charge in [0.1, 0.15) is 0 Å². The van der Waals surface area contributed by atoms with Gasteiger partial charge in [-0.15, -0.1) is 69.8 Å². The largest absolute Gasteiger partial charge is 0.512 e. The molecular weight excluding hydrogens is 956 g/mol. The molecule has 8 rings (SSSR count). The zero-order chi connectivity index (χ0) is 45.9. The van der Waals surface area contributed by atoms with Crippen molar-refractivity contribution in [2.24, 2.45) is 11.8 Å². The number of aliphatic hydroxyl groups excluding tert-OH is 1. The second kappa shape index (κ2) is 24.0. The summed E-state index contributed by atoms with van der Waals surface area (Å²) in [6.45, 7) is 13.6. The topological polar surface area (TPSA) is 63.1 Å². The molecule has 63 heavy (non-hydrogen) atoms. The van der Waals surface area contributed by atoms with E-state index in [1.165, 1.54) is 90.5 Å². The number of aryl methyl sites for hydroxylation is 4. The van der Waals surface area contributed by atoms with Crippen LogP contribution >= 0.6 is 0 Å². The van der Waals surface area contributed by atoms with E-state index in [-0.39, 0.29) is 62.1 Å². The van der Waals surface area contributed by atoms with Crippen LogP contribution in [0, 0.1) is 51.7 Å². The number of halogens is 1. The molecule has 2 fully saturated rings. The molecule has 0 amide bonds. The van der Waals surface area contributed by atoms with E-state index in [1.54, 1.807) is 0 Å². The molecule has 1 unspecified atom stereocenters. The molecule has 335 valence electrons. The van der Waals surface area contributed by atoms with E-state index in [2.05, 4.69) is 110 Å². The number of hydrogen-bond donors (Lipinski definition) is 1. The zero-order valence-corrected chi connectivity index (χ0v) is 40.9. The van der Waals surface area contributed by atoms with Gasteiger partial charge in [0.05, 0.1) is 15.2 Å². The number of aliphatic hydroxyl groups is 1. The van der Waals surface area contributed by atoms with Crippen LogP contribution in [0.2, 0.25) is 0 Å². The fourth-order valence-corrected chi connectivity index (χ4v) is 9.53. The van der Waals surface area contributed by atoms with Crippen molar-refractivity contribution in [2.75, 3.05) is 6.67 Å². The molecule has 2 aliphatic carbocycles. The smallest absolute Gasteiger partial charge is 0.162 e. The quantitative estimate of drug-likeness (QED) is 0.0754. The van der Waals surface area contributed by atoms with Gasteiger partial charge in [-0.3, -0.25) is 9.18 Å². The van der Waals surface area contributed by atoms with Gasteiger partial charge in [0.2, 0.25) is 0 Å². The predicted octanol–water partition coefficient (Wildman–Crippen LogP) is 15.8. The van der Waals surface area contributed by atoms with Crippen LogP contribution in [0.3, 0.4) is 0 Å². The molecule has 2 heterocycles. The molecule has 1 atom stereocenters. The van der Waals surface area contributed by atoms with Gasteiger partial charge >= 0.3 is 0 Å². The second-order valence-corrected chi connectivity index (χ2v) is 17.7. The summed E-state index contributed by atoms with van der Waals surface area (Å²) in [5.74, 6) is 1.11. The first-order valence-corrected chi connectivity index (χ1v) is 23.2. The standard InChI is InChI=1S/2C22H22N.C13H23FO2.Ir/c2*1-15-11-16(2)13-20(12-15)22-21-8-7-18(17-5-3-4-6-17)14-19(21)9-10-23-22;1-4-10(5-2)12(15)9-13(16)11(6-3)7-8-14;/h2*7-12,14,17H,3-6H2,1-2H3;9-11,16H,4-8H2,1-3H3;/q2*-1;;/b;;13-9-;/i9D,10D;;;. The number of nitrogens with zero attached hydrogens (tertiary/aromatic N) is 2. The molecule has 2 saturated carbocycles. The first-order chi connectivity index (χ1) is 30.8. The van der Waals surface area contributed by atoms with Crippen molar-refractivity contribution in [1.82, 2.24) is 9.97 Å². The van der Waals surface area contributed by atoms with E-state index in [4.69, 9.17) is 2.74 Å². The number of alkyl halides is 1. The molecule has 6 aromatic rings. The molecule has 6 heteroatoms.